The zero-order chi connectivity index (χ0) is 24.8. The number of aromatic nitrogens is 1. The van der Waals surface area contributed by atoms with Gasteiger partial charge in [0.15, 0.2) is 18.1 Å². The molecule has 0 aliphatic rings. The van der Waals surface area contributed by atoms with Crippen LogP contribution in [0.15, 0.2) is 72.8 Å². The van der Waals surface area contributed by atoms with Gasteiger partial charge in [-0.3, -0.25) is 14.9 Å². The summed E-state index contributed by atoms with van der Waals surface area (Å²) in [4.78, 5) is 27.5. The fraction of sp³-hybridized carbons (Fsp3) is 0.0769. The van der Waals surface area contributed by atoms with Crippen LogP contribution in [0.2, 0.25) is 5.02 Å². The molecule has 0 atom stereocenters. The number of carbonyl (C=O) groups excluding carboxylic acids is 1. The molecule has 4 aromatic rings. The summed E-state index contributed by atoms with van der Waals surface area (Å²) in [5.41, 5.74) is 2.15. The third kappa shape index (κ3) is 5.74. The molecule has 1 heterocycles. The monoisotopic (exact) mass is 489 g/mol. The molecule has 9 heteroatoms. The van der Waals surface area contributed by atoms with E-state index in [9.17, 15) is 14.9 Å². The number of nitro groups is 1. The quantitative estimate of drug-likeness (QED) is 0.241. The fourth-order valence-electron chi connectivity index (χ4n) is 3.37. The van der Waals surface area contributed by atoms with Crippen molar-refractivity contribution in [1.29, 1.82) is 0 Å². The van der Waals surface area contributed by atoms with Gasteiger partial charge >= 0.3 is 0 Å². The third-order valence-electron chi connectivity index (χ3n) is 5.06. The number of nitro benzene ring substituents is 1. The van der Waals surface area contributed by atoms with Crippen molar-refractivity contribution < 1.29 is 19.2 Å². The number of carbonyl (C=O) groups is 1. The summed E-state index contributed by atoms with van der Waals surface area (Å²) in [6.45, 7) is -0.226. The van der Waals surface area contributed by atoms with Crippen LogP contribution in [0, 0.1) is 10.1 Å². The summed E-state index contributed by atoms with van der Waals surface area (Å²) in [7, 11) is 1.50. The van der Waals surface area contributed by atoms with E-state index in [2.05, 4.69) is 10.3 Å². The highest BCUT2D eigenvalue weighted by atomic mass is 35.5. The Bertz CT molecular complexity index is 1440. The minimum absolute atomic E-state index is 0.0421. The molecular weight excluding hydrogens is 470 g/mol. The lowest BCUT2D eigenvalue weighted by Crippen LogP contribution is -2.20. The van der Waals surface area contributed by atoms with Crippen LogP contribution < -0.4 is 14.8 Å². The Labute approximate surface area is 205 Å². The second-order valence-corrected chi connectivity index (χ2v) is 7.81. The van der Waals surface area contributed by atoms with Crippen molar-refractivity contribution in [2.24, 2.45) is 0 Å². The maximum absolute atomic E-state index is 12.2. The minimum Gasteiger partial charge on any atom is -0.493 e. The summed E-state index contributed by atoms with van der Waals surface area (Å²) in [5.74, 6) is 0.485. The molecule has 0 spiro atoms. The minimum atomic E-state index is -0.443. The Kier molecular flexibility index (Phi) is 7.23. The number of anilines is 1. The van der Waals surface area contributed by atoms with E-state index in [0.29, 0.717) is 38.8 Å². The zero-order valence-electron chi connectivity index (χ0n) is 18.6. The van der Waals surface area contributed by atoms with Gasteiger partial charge in [0, 0.05) is 11.5 Å². The standard InChI is InChI=1S/C26H20ClN3O5/c1-34-24-15-17(9-12-19-13-11-18-5-4-8-22(30(32)33)26(18)28-19)10-14-23(24)35-16-25(31)29-21-7-3-2-6-20(21)27/h2-15H,16H2,1H3,(H,29,31)/b12-9+. The molecule has 0 fully saturated rings. The molecule has 0 unspecified atom stereocenters. The van der Waals surface area contributed by atoms with Gasteiger partial charge in [-0.05, 0) is 42.0 Å². The SMILES string of the molecule is COc1cc(/C=C/c2ccc3cccc([N+](=O)[O-])c3n2)ccc1OCC(=O)Nc1ccccc1Cl. The van der Waals surface area contributed by atoms with Crippen molar-refractivity contribution in [3.8, 4) is 11.5 Å². The van der Waals surface area contributed by atoms with E-state index in [4.69, 9.17) is 21.1 Å². The number of ether oxygens (including phenoxy) is 2. The van der Waals surface area contributed by atoms with Gasteiger partial charge in [0.1, 0.15) is 5.52 Å². The summed E-state index contributed by atoms with van der Waals surface area (Å²) < 4.78 is 11.0. The number of benzene rings is 3. The van der Waals surface area contributed by atoms with Crippen LogP contribution in [-0.2, 0) is 4.79 Å². The number of pyridine rings is 1. The first-order valence-electron chi connectivity index (χ1n) is 10.5. The molecule has 0 aliphatic carbocycles. The number of halogens is 1. The number of hydrogen-bond acceptors (Lipinski definition) is 6. The van der Waals surface area contributed by atoms with E-state index >= 15 is 0 Å². The van der Waals surface area contributed by atoms with Crippen LogP contribution in [0.3, 0.4) is 0 Å². The average molecular weight is 490 g/mol. The first-order valence-corrected chi connectivity index (χ1v) is 10.9. The van der Waals surface area contributed by atoms with Crippen molar-refractivity contribution in [2.75, 3.05) is 19.0 Å². The number of fused-ring (bicyclic) bond motifs is 1. The first kappa shape index (κ1) is 23.7. The number of methoxy groups -OCH3 is 1. The molecule has 35 heavy (non-hydrogen) atoms. The number of non-ortho nitro benzene ring substituents is 1. The number of nitrogens with one attached hydrogen (secondary N) is 1. The molecule has 4 rings (SSSR count). The van der Waals surface area contributed by atoms with Crippen LogP contribution >= 0.6 is 11.6 Å². The Morgan fingerprint density at radius 3 is 2.66 bits per heavy atom. The number of para-hydroxylation sites is 2. The van der Waals surface area contributed by atoms with Crippen LogP contribution in [0.1, 0.15) is 11.3 Å². The second-order valence-electron chi connectivity index (χ2n) is 7.40. The van der Waals surface area contributed by atoms with E-state index in [0.717, 1.165) is 5.56 Å². The van der Waals surface area contributed by atoms with Gasteiger partial charge in [0.25, 0.3) is 11.6 Å². The second kappa shape index (κ2) is 10.7. The predicted molar refractivity (Wildman–Crippen MR) is 136 cm³/mol. The molecule has 1 N–H and O–H groups in total. The lowest BCUT2D eigenvalue weighted by atomic mass is 10.1. The molecule has 0 bridgehead atoms. The normalized spacial score (nSPS) is 10.9. The van der Waals surface area contributed by atoms with Gasteiger partial charge in [0.2, 0.25) is 0 Å². The van der Waals surface area contributed by atoms with Crippen LogP contribution in [0.5, 0.6) is 11.5 Å². The van der Waals surface area contributed by atoms with Gasteiger partial charge in [-0.1, -0.05) is 54.1 Å². The molecule has 176 valence electrons. The Balaban J connectivity index is 1.46. The Morgan fingerprint density at radius 2 is 1.89 bits per heavy atom. The predicted octanol–water partition coefficient (Wildman–Crippen LogP) is 5.99. The van der Waals surface area contributed by atoms with E-state index in [1.165, 1.54) is 13.2 Å². The molecule has 1 aromatic heterocycles. The first-order chi connectivity index (χ1) is 16.9. The van der Waals surface area contributed by atoms with Crippen molar-refractivity contribution in [2.45, 2.75) is 0 Å². The van der Waals surface area contributed by atoms with E-state index in [1.807, 2.05) is 0 Å². The van der Waals surface area contributed by atoms with Crippen molar-refractivity contribution in [1.82, 2.24) is 4.98 Å². The summed E-state index contributed by atoms with van der Waals surface area (Å²) in [6.07, 6.45) is 3.56. The van der Waals surface area contributed by atoms with Gasteiger partial charge < -0.3 is 14.8 Å². The summed E-state index contributed by atoms with van der Waals surface area (Å²) in [5, 5.41) is 15.1. The topological polar surface area (TPSA) is 104 Å². The Hall–Kier alpha value is -4.43. The molecule has 0 aliphatic heterocycles. The number of rotatable bonds is 8. The molecule has 0 radical (unpaired) electrons. The number of nitrogens with zero attached hydrogens (tertiary/aromatic N) is 2. The van der Waals surface area contributed by atoms with E-state index in [-0.39, 0.29) is 18.2 Å². The van der Waals surface area contributed by atoms with Crippen molar-refractivity contribution >= 4 is 51.9 Å². The highest BCUT2D eigenvalue weighted by Gasteiger charge is 2.13. The van der Waals surface area contributed by atoms with Gasteiger partial charge in [0.05, 0.1) is 28.4 Å². The highest BCUT2D eigenvalue weighted by Crippen LogP contribution is 2.29. The van der Waals surface area contributed by atoms with Crippen molar-refractivity contribution in [3.63, 3.8) is 0 Å². The maximum atomic E-state index is 12.2. The van der Waals surface area contributed by atoms with Gasteiger partial charge in [-0.25, -0.2) is 4.98 Å². The third-order valence-corrected chi connectivity index (χ3v) is 5.39. The highest BCUT2D eigenvalue weighted by molar-refractivity contribution is 6.33. The number of amides is 1. The van der Waals surface area contributed by atoms with Gasteiger partial charge in [-0.15, -0.1) is 0 Å². The average Bonchev–Trinajstić information content (AvgIpc) is 2.87. The lowest BCUT2D eigenvalue weighted by molar-refractivity contribution is -0.383. The number of hydrogen-bond donors (Lipinski definition) is 1. The lowest BCUT2D eigenvalue weighted by Gasteiger charge is -2.12. The molecule has 1 amide bonds. The largest absolute Gasteiger partial charge is 0.493 e. The van der Waals surface area contributed by atoms with E-state index < -0.39 is 4.92 Å². The van der Waals surface area contributed by atoms with Crippen LogP contribution in [0.4, 0.5) is 11.4 Å². The van der Waals surface area contributed by atoms with Crippen molar-refractivity contribution in [3.05, 3.63) is 99.2 Å². The maximum Gasteiger partial charge on any atom is 0.295 e. The molecule has 3 aromatic carbocycles. The molecular formula is C26H20ClN3O5. The zero-order valence-corrected chi connectivity index (χ0v) is 19.4. The molecule has 8 nitrogen and oxygen atoms in total. The Morgan fingerprint density at radius 1 is 1.06 bits per heavy atom. The van der Waals surface area contributed by atoms with Gasteiger partial charge in [-0.2, -0.15) is 0 Å². The van der Waals surface area contributed by atoms with E-state index in [1.54, 1.807) is 78.9 Å². The molecule has 0 saturated carbocycles. The van der Waals surface area contributed by atoms with Crippen LogP contribution in [0.25, 0.3) is 23.1 Å². The van der Waals surface area contributed by atoms with Crippen LogP contribution in [-0.4, -0.2) is 29.5 Å². The molecule has 0 saturated heterocycles. The summed E-state index contributed by atoms with van der Waals surface area (Å²) in [6, 6.07) is 20.6. The smallest absolute Gasteiger partial charge is 0.295 e. The fourth-order valence-corrected chi connectivity index (χ4v) is 3.55. The summed E-state index contributed by atoms with van der Waals surface area (Å²) >= 11 is 6.06.